The molecular weight excluding hydrogens is 1530 g/mol. The SMILES string of the molecule is C.CNOC.CON(C)C(=O)c1ccc2cccnc2c1C.Cc1[nH]cnc1C(=O)c1ccc2cccnc2c1C.Cc1c(C(=O)O)ccc2cccnc12.Cc1c(C(=O)c2cn(C)cn2)ccc2cccnc12.Cc1c(N)cccc1C(=O)O.Cn1cnc(I)c1.O=S(Cl)Cl.[Br-].[CH2-]C.[Mg+2]. The molecule has 0 unspecified atom stereocenters. The summed E-state index contributed by atoms with van der Waals surface area (Å²) in [4.78, 5) is 99.7. The van der Waals surface area contributed by atoms with Gasteiger partial charge in [-0.2, -0.15) is 6.92 Å². The first-order chi connectivity index (χ1) is 46.3. The van der Waals surface area contributed by atoms with Crippen molar-refractivity contribution in [2.75, 3.05) is 34.0 Å². The number of aryl methyl sites for hydroxylation is 7. The molecule has 6 N–H and O–H groups in total. The Bertz CT molecular complexity index is 4660. The first-order valence-corrected chi connectivity index (χ1v) is 33.0. The normalized spacial score (nSPS) is 9.78. The summed E-state index contributed by atoms with van der Waals surface area (Å²) in [5, 5.41) is 22.8. The molecular formula is C71H79BrCl2IMgN13O10S. The van der Waals surface area contributed by atoms with Gasteiger partial charge >= 0.3 is 35.0 Å². The summed E-state index contributed by atoms with van der Waals surface area (Å²) < 4.78 is 13.8. The summed E-state index contributed by atoms with van der Waals surface area (Å²) >= 11 is 2.17. The average molecular weight is 1610 g/mol. The number of carboxylic acid groups (broad SMARTS) is 2. The van der Waals surface area contributed by atoms with E-state index in [2.05, 4.69) is 101 Å². The van der Waals surface area contributed by atoms with Crippen LogP contribution in [0.4, 0.5) is 5.69 Å². The summed E-state index contributed by atoms with van der Waals surface area (Å²) in [6.45, 7) is 16.1. The molecule has 0 aliphatic heterocycles. The number of aromatic amines is 1. The zero-order valence-electron chi connectivity index (χ0n) is 56.7. The molecule has 0 bridgehead atoms. The van der Waals surface area contributed by atoms with Gasteiger partial charge in [-0.1, -0.05) is 62.0 Å². The molecule has 0 spiro atoms. The Morgan fingerprint density at radius 3 is 1.28 bits per heavy atom. The molecule has 0 saturated carbocycles. The molecule has 5 aromatic carbocycles. The van der Waals surface area contributed by atoms with Crippen molar-refractivity contribution in [1.82, 2.24) is 59.5 Å². The number of halogens is 4. The number of anilines is 1. The number of carboxylic acids is 2. The molecule has 23 nitrogen and oxygen atoms in total. The number of nitrogens with two attached hydrogens (primary N) is 1. The summed E-state index contributed by atoms with van der Waals surface area (Å²) in [7, 11) is 17.5. The fraction of sp³-hybridized carbons (Fsp3) is 0.197. The number of aromatic nitrogens is 10. The van der Waals surface area contributed by atoms with E-state index in [0.29, 0.717) is 44.9 Å². The number of imidazole rings is 3. The van der Waals surface area contributed by atoms with Gasteiger partial charge in [-0.3, -0.25) is 39.2 Å². The number of rotatable bonds is 9. The van der Waals surface area contributed by atoms with Crippen LogP contribution < -0.4 is 28.2 Å². The third-order valence-electron chi connectivity index (χ3n) is 14.1. The Kier molecular flexibility index (Phi) is 40.6. The van der Waals surface area contributed by atoms with Crippen LogP contribution in [-0.2, 0) is 33.0 Å². The molecule has 0 aliphatic carbocycles. The molecule has 0 aliphatic rings. The van der Waals surface area contributed by atoms with Gasteiger partial charge < -0.3 is 58.8 Å². The minimum absolute atomic E-state index is 0. The maximum Gasteiger partial charge on any atom is 2.00 e. The van der Waals surface area contributed by atoms with E-state index in [4.69, 9.17) is 25.0 Å². The van der Waals surface area contributed by atoms with Crippen LogP contribution in [0.1, 0.15) is 111 Å². The Labute approximate surface area is 633 Å². The number of hydrogen-bond acceptors (Lipinski definition) is 17. The van der Waals surface area contributed by atoms with Gasteiger partial charge in [-0.05, 0) is 153 Å². The van der Waals surface area contributed by atoms with Crippen LogP contribution in [-0.4, -0.2) is 149 Å². The number of hydroxylamine groups is 3. The number of H-pyrrole nitrogens is 1. The molecule has 1 amide bonds. The first kappa shape index (κ1) is 89.5. The summed E-state index contributed by atoms with van der Waals surface area (Å²) in [6, 6.07) is 34.8. The van der Waals surface area contributed by atoms with Gasteiger partial charge in [-0.15, -0.1) is 0 Å². The molecule has 0 saturated heterocycles. The van der Waals surface area contributed by atoms with E-state index in [0.717, 1.165) is 75.3 Å². The van der Waals surface area contributed by atoms with Gasteiger partial charge in [0.2, 0.25) is 20.8 Å². The standard InChI is InChI=1S/2C15H13N3O.C13H14N2O2.C11H9NO2.C8H9NO2.C4H5IN2.C2H7NO.C2H5.CH4.BrH.Cl2OS.Mg/c1-10-12(15(19)13-8-18(2)9-17-13)6-5-11-4-3-7-16-14(10)11;1-9-12(15(19)14-10(2)17-8-18-14)6-5-11-4-3-7-16-13(9)11;1-9-11(13(16)15(2)17-3)7-6-10-5-4-8-14-12(9)10;1-7-9(11(13)14)5-4-8-3-2-6-12-10(7)8;1-5-6(8(10)11)3-2-4-7(5)9;1-7-2-4(5)6-3-7;1-3-4-2;1-2;;;1-4(2)3;/h3-9H,1-2H3;3-8H,1-2H3,(H,17,18);4-8H,1-3H3;2-6H,1H3,(H,13,14);2-4H,9H2,1H3,(H,10,11);2-3H,1H3;3H,1-2H3;1H2,2H3;1H4;1H;;/q;;;;;;;-1;;;;+2/p-1. The first-order valence-electron chi connectivity index (χ1n) is 29.1. The number of carbonyl (C=O) groups excluding carboxylic acids is 3. The van der Waals surface area contributed by atoms with Gasteiger partial charge in [0.05, 0.1) is 66.4 Å². The van der Waals surface area contributed by atoms with E-state index >= 15 is 0 Å². The predicted molar refractivity (Wildman–Crippen MR) is 403 cm³/mol. The summed E-state index contributed by atoms with van der Waals surface area (Å²) in [5.74, 6) is -2.14. The van der Waals surface area contributed by atoms with Gasteiger partial charge in [-0.25, -0.2) is 39.3 Å². The fourth-order valence-corrected chi connectivity index (χ4v) is 9.59. The fourth-order valence-electron chi connectivity index (χ4n) is 9.02. The van der Waals surface area contributed by atoms with Gasteiger partial charge in [0.25, 0.3) is 5.91 Å². The number of nitrogens with zero attached hydrogens (tertiary/aromatic N) is 10. The van der Waals surface area contributed by atoms with Crippen molar-refractivity contribution in [1.29, 1.82) is 0 Å². The predicted octanol–water partition coefficient (Wildman–Crippen LogP) is 10.9. The van der Waals surface area contributed by atoms with Gasteiger partial charge in [0.1, 0.15) is 15.1 Å². The quantitative estimate of drug-likeness (QED) is 0.0170. The molecule has 12 aromatic rings. The molecule has 100 heavy (non-hydrogen) atoms. The molecule has 29 heteroatoms. The van der Waals surface area contributed by atoms with Crippen LogP contribution in [0.15, 0.2) is 171 Å². The van der Waals surface area contributed by atoms with Crippen molar-refractivity contribution < 1.29 is 65.1 Å². The van der Waals surface area contributed by atoms with Crippen LogP contribution >= 0.6 is 44.0 Å². The van der Waals surface area contributed by atoms with Crippen LogP contribution in [0.3, 0.4) is 0 Å². The average Bonchev–Trinajstić information content (AvgIpc) is 1.15. The number of amides is 1. The van der Waals surface area contributed by atoms with E-state index in [1.807, 2.05) is 131 Å². The van der Waals surface area contributed by atoms with Crippen LogP contribution in [0.25, 0.3) is 43.6 Å². The summed E-state index contributed by atoms with van der Waals surface area (Å²) in [6.07, 6.45) is 15.5. The van der Waals surface area contributed by atoms with Crippen molar-refractivity contribution in [3.63, 3.8) is 0 Å². The molecule has 7 heterocycles. The third kappa shape index (κ3) is 25.9. The molecule has 0 radical (unpaired) electrons. The maximum absolute atomic E-state index is 12.5. The number of fused-ring (bicyclic) bond motifs is 4. The number of pyridine rings is 4. The zero-order chi connectivity index (χ0) is 72.1. The van der Waals surface area contributed by atoms with Crippen molar-refractivity contribution in [2.24, 2.45) is 14.1 Å². The van der Waals surface area contributed by atoms with E-state index in [-0.39, 0.29) is 70.5 Å². The van der Waals surface area contributed by atoms with Crippen molar-refractivity contribution >= 4 is 155 Å². The zero-order valence-corrected chi connectivity index (χ0v) is 64.2. The van der Waals surface area contributed by atoms with Crippen LogP contribution in [0.5, 0.6) is 0 Å². The molecule has 0 atom stereocenters. The number of hydrogen-bond donors (Lipinski definition) is 5. The van der Waals surface area contributed by atoms with E-state index in [1.54, 1.807) is 121 Å². The topological polar surface area (TPSA) is 319 Å². The van der Waals surface area contributed by atoms with E-state index in [1.165, 1.54) is 24.6 Å². The smallest absolute Gasteiger partial charge is 1.00 e. The van der Waals surface area contributed by atoms with E-state index < -0.39 is 21.2 Å². The minimum Gasteiger partial charge on any atom is -1.00 e. The van der Waals surface area contributed by atoms with Crippen molar-refractivity contribution in [2.45, 2.75) is 55.9 Å². The maximum atomic E-state index is 12.5. The summed E-state index contributed by atoms with van der Waals surface area (Å²) in [5.41, 5.74) is 20.0. The van der Waals surface area contributed by atoms with Crippen molar-refractivity contribution in [3.05, 3.63) is 255 Å². The molecule has 0 fully saturated rings. The number of aromatic carboxylic acids is 2. The Morgan fingerprint density at radius 1 is 0.580 bits per heavy atom. The number of benzene rings is 5. The number of nitrogens with one attached hydrogen (secondary N) is 2. The molecule has 12 rings (SSSR count). The molecule has 7 aromatic heterocycles. The van der Waals surface area contributed by atoms with Gasteiger partial charge in [0.15, 0.2) is 0 Å². The monoisotopic (exact) mass is 1610 g/mol. The second-order valence-corrected chi connectivity index (χ2v) is 23.9. The number of nitrogen functional groups attached to an aromatic ring is 1. The second-order valence-electron chi connectivity index (χ2n) is 20.3. The minimum atomic E-state index is -1.67. The van der Waals surface area contributed by atoms with E-state index in [9.17, 15) is 24.0 Å². The second kappa shape index (κ2) is 45.3. The Morgan fingerprint density at radius 2 is 0.950 bits per heavy atom. The van der Waals surface area contributed by atoms with Crippen molar-refractivity contribution in [3.8, 4) is 0 Å². The third-order valence-corrected chi connectivity index (χ3v) is 14.6. The van der Waals surface area contributed by atoms with Gasteiger partial charge in [0, 0.05) is 136 Å². The Balaban J connectivity index is 0.000000591. The van der Waals surface area contributed by atoms with Crippen LogP contribution in [0, 0.1) is 52.2 Å². The largest absolute Gasteiger partial charge is 2.00 e. The van der Waals surface area contributed by atoms with Crippen LogP contribution in [0.2, 0.25) is 0 Å². The number of ketones is 2. The molecule has 524 valence electrons. The Hall–Kier alpha value is -8.49. The number of carbonyl (C=O) groups is 5.